The number of hydrogen-bond acceptors (Lipinski definition) is 3. The SMILES string of the molecule is O=S(=O)(Cc1ccccc1)C1CCCc2cccnc21. The maximum absolute atomic E-state index is 12.7. The number of nitrogens with zero attached hydrogens (tertiary/aromatic N) is 1. The highest BCUT2D eigenvalue weighted by atomic mass is 32.2. The maximum Gasteiger partial charge on any atom is 0.162 e. The molecule has 1 aliphatic rings. The molecular formula is C16H17NO2S. The molecule has 0 saturated carbocycles. The molecule has 1 atom stereocenters. The Balaban J connectivity index is 1.93. The molecule has 0 bridgehead atoms. The van der Waals surface area contributed by atoms with Gasteiger partial charge in [-0.1, -0.05) is 36.4 Å². The van der Waals surface area contributed by atoms with Crippen LogP contribution >= 0.6 is 0 Å². The third kappa shape index (κ3) is 2.61. The lowest BCUT2D eigenvalue weighted by molar-refractivity contribution is 0.554. The summed E-state index contributed by atoms with van der Waals surface area (Å²) in [5, 5.41) is -0.451. The minimum absolute atomic E-state index is 0.0918. The Labute approximate surface area is 119 Å². The first-order valence-electron chi connectivity index (χ1n) is 6.86. The number of aromatic nitrogens is 1. The van der Waals surface area contributed by atoms with Gasteiger partial charge in [0, 0.05) is 6.20 Å². The Bertz CT molecular complexity index is 695. The highest BCUT2D eigenvalue weighted by Crippen LogP contribution is 2.35. The van der Waals surface area contributed by atoms with Crippen LogP contribution in [0, 0.1) is 0 Å². The average Bonchev–Trinajstić information content (AvgIpc) is 2.47. The van der Waals surface area contributed by atoms with Gasteiger partial charge in [-0.3, -0.25) is 4.98 Å². The van der Waals surface area contributed by atoms with Crippen LogP contribution in [0.25, 0.3) is 0 Å². The highest BCUT2D eigenvalue weighted by Gasteiger charge is 2.32. The van der Waals surface area contributed by atoms with Crippen molar-refractivity contribution < 1.29 is 8.42 Å². The first-order valence-corrected chi connectivity index (χ1v) is 8.57. The van der Waals surface area contributed by atoms with Gasteiger partial charge in [0.25, 0.3) is 0 Å². The molecule has 4 heteroatoms. The summed E-state index contributed by atoms with van der Waals surface area (Å²) in [6.07, 6.45) is 4.21. The van der Waals surface area contributed by atoms with E-state index in [1.807, 2.05) is 42.5 Å². The normalized spacial score (nSPS) is 18.5. The van der Waals surface area contributed by atoms with Crippen LogP contribution in [0.4, 0.5) is 0 Å². The molecule has 3 rings (SSSR count). The van der Waals surface area contributed by atoms with Crippen molar-refractivity contribution in [3.05, 3.63) is 65.5 Å². The van der Waals surface area contributed by atoms with E-state index in [4.69, 9.17) is 0 Å². The molecule has 0 amide bonds. The quantitative estimate of drug-likeness (QED) is 0.871. The summed E-state index contributed by atoms with van der Waals surface area (Å²) in [4.78, 5) is 4.33. The number of hydrogen-bond donors (Lipinski definition) is 0. The molecule has 0 aliphatic heterocycles. The molecule has 1 aromatic carbocycles. The monoisotopic (exact) mass is 287 g/mol. The molecule has 2 aromatic rings. The second-order valence-corrected chi connectivity index (χ2v) is 7.40. The van der Waals surface area contributed by atoms with Crippen LogP contribution in [0.3, 0.4) is 0 Å². The van der Waals surface area contributed by atoms with Crippen molar-refractivity contribution in [1.29, 1.82) is 0 Å². The molecule has 0 fully saturated rings. The van der Waals surface area contributed by atoms with E-state index in [1.165, 1.54) is 0 Å². The summed E-state index contributed by atoms with van der Waals surface area (Å²) in [7, 11) is -3.21. The molecule has 104 valence electrons. The van der Waals surface area contributed by atoms with Crippen molar-refractivity contribution in [3.8, 4) is 0 Å². The molecule has 1 aliphatic carbocycles. The molecular weight excluding hydrogens is 270 g/mol. The molecule has 1 unspecified atom stereocenters. The van der Waals surface area contributed by atoms with Crippen LogP contribution in [0.2, 0.25) is 0 Å². The van der Waals surface area contributed by atoms with Crippen molar-refractivity contribution in [2.45, 2.75) is 30.3 Å². The average molecular weight is 287 g/mol. The predicted octanol–water partition coefficient (Wildman–Crippen LogP) is 3.07. The van der Waals surface area contributed by atoms with Crippen molar-refractivity contribution in [2.75, 3.05) is 0 Å². The smallest absolute Gasteiger partial charge is 0.162 e. The molecule has 1 heterocycles. The molecule has 0 saturated heterocycles. The minimum atomic E-state index is -3.21. The fraction of sp³-hybridized carbons (Fsp3) is 0.312. The van der Waals surface area contributed by atoms with E-state index in [0.29, 0.717) is 6.42 Å². The first-order chi connectivity index (χ1) is 9.67. The summed E-state index contributed by atoms with van der Waals surface area (Å²) in [5.74, 6) is 0.0918. The van der Waals surface area contributed by atoms with Crippen molar-refractivity contribution >= 4 is 9.84 Å². The third-order valence-corrected chi connectivity index (χ3v) is 5.85. The van der Waals surface area contributed by atoms with Crippen LogP contribution in [-0.2, 0) is 22.0 Å². The minimum Gasteiger partial charge on any atom is -0.260 e. The van der Waals surface area contributed by atoms with E-state index in [-0.39, 0.29) is 5.75 Å². The second kappa shape index (κ2) is 5.37. The predicted molar refractivity (Wildman–Crippen MR) is 79.0 cm³/mol. The molecule has 3 nitrogen and oxygen atoms in total. The zero-order valence-corrected chi connectivity index (χ0v) is 12.0. The zero-order chi connectivity index (χ0) is 14.0. The van der Waals surface area contributed by atoms with E-state index < -0.39 is 15.1 Å². The number of aryl methyl sites for hydroxylation is 1. The number of sulfone groups is 1. The lowest BCUT2D eigenvalue weighted by Crippen LogP contribution is -2.21. The first kappa shape index (κ1) is 13.3. The van der Waals surface area contributed by atoms with Gasteiger partial charge in [0.05, 0.1) is 11.4 Å². The van der Waals surface area contributed by atoms with Gasteiger partial charge in [-0.2, -0.15) is 0 Å². The Hall–Kier alpha value is -1.68. The summed E-state index contributed by atoms with van der Waals surface area (Å²) in [6, 6.07) is 13.2. The van der Waals surface area contributed by atoms with E-state index in [0.717, 1.165) is 29.7 Å². The Morgan fingerprint density at radius 2 is 1.90 bits per heavy atom. The molecule has 20 heavy (non-hydrogen) atoms. The standard InChI is InChI=1S/C16H17NO2S/c18-20(19,12-13-6-2-1-3-7-13)15-10-4-8-14-9-5-11-17-16(14)15/h1-3,5-7,9,11,15H,4,8,10,12H2. The fourth-order valence-electron chi connectivity index (χ4n) is 2.82. The van der Waals surface area contributed by atoms with Crippen LogP contribution in [-0.4, -0.2) is 13.4 Å². The van der Waals surface area contributed by atoms with Gasteiger partial charge in [0.1, 0.15) is 5.25 Å². The number of fused-ring (bicyclic) bond motifs is 1. The van der Waals surface area contributed by atoms with Crippen LogP contribution in [0.15, 0.2) is 48.7 Å². The number of rotatable bonds is 3. The lowest BCUT2D eigenvalue weighted by Gasteiger charge is -2.24. The maximum atomic E-state index is 12.7. The van der Waals surface area contributed by atoms with E-state index in [9.17, 15) is 8.42 Å². The van der Waals surface area contributed by atoms with E-state index in [1.54, 1.807) is 6.20 Å². The highest BCUT2D eigenvalue weighted by molar-refractivity contribution is 7.90. The Kier molecular flexibility index (Phi) is 3.57. The van der Waals surface area contributed by atoms with Gasteiger partial charge in [-0.15, -0.1) is 0 Å². The summed E-state index contributed by atoms with van der Waals surface area (Å²) in [6.45, 7) is 0. The second-order valence-electron chi connectivity index (χ2n) is 5.22. The summed E-state index contributed by atoms with van der Waals surface area (Å²) in [5.41, 5.74) is 2.69. The van der Waals surface area contributed by atoms with Gasteiger partial charge >= 0.3 is 0 Å². The van der Waals surface area contributed by atoms with Crippen LogP contribution in [0.1, 0.15) is 34.9 Å². The zero-order valence-electron chi connectivity index (χ0n) is 11.2. The lowest BCUT2D eigenvalue weighted by atomic mass is 9.96. The van der Waals surface area contributed by atoms with Gasteiger partial charge in [0.2, 0.25) is 0 Å². The Morgan fingerprint density at radius 3 is 2.70 bits per heavy atom. The van der Waals surface area contributed by atoms with Crippen molar-refractivity contribution in [1.82, 2.24) is 4.98 Å². The molecule has 0 spiro atoms. The van der Waals surface area contributed by atoms with Gasteiger partial charge < -0.3 is 0 Å². The summed E-state index contributed by atoms with van der Waals surface area (Å²) < 4.78 is 25.4. The van der Waals surface area contributed by atoms with E-state index >= 15 is 0 Å². The van der Waals surface area contributed by atoms with Gasteiger partial charge in [0.15, 0.2) is 9.84 Å². The van der Waals surface area contributed by atoms with Crippen LogP contribution < -0.4 is 0 Å². The van der Waals surface area contributed by atoms with Crippen molar-refractivity contribution in [3.63, 3.8) is 0 Å². The van der Waals surface area contributed by atoms with E-state index in [2.05, 4.69) is 4.98 Å². The third-order valence-electron chi connectivity index (χ3n) is 3.79. The molecule has 1 aromatic heterocycles. The molecule has 0 radical (unpaired) electrons. The summed E-state index contributed by atoms with van der Waals surface area (Å²) >= 11 is 0. The fourth-order valence-corrected chi connectivity index (χ4v) is 4.76. The van der Waals surface area contributed by atoms with Crippen molar-refractivity contribution in [2.24, 2.45) is 0 Å². The largest absolute Gasteiger partial charge is 0.260 e. The van der Waals surface area contributed by atoms with Gasteiger partial charge in [-0.05, 0) is 36.5 Å². The van der Waals surface area contributed by atoms with Gasteiger partial charge in [-0.25, -0.2) is 8.42 Å². The molecule has 0 N–H and O–H groups in total. The Morgan fingerprint density at radius 1 is 1.10 bits per heavy atom. The van der Waals surface area contributed by atoms with Crippen LogP contribution in [0.5, 0.6) is 0 Å². The number of benzene rings is 1. The number of pyridine rings is 1. The topological polar surface area (TPSA) is 47.0 Å².